The lowest BCUT2D eigenvalue weighted by Gasteiger charge is -2.15. The molecule has 28 heavy (non-hydrogen) atoms. The number of phenols is 1. The fourth-order valence-corrected chi connectivity index (χ4v) is 2.67. The minimum atomic E-state index is 0.308. The number of phenolic OH excluding ortho intramolecular Hbond substituents is 1. The fraction of sp³-hybridized carbons (Fsp3) is 0.478. The van der Waals surface area contributed by atoms with Crippen LogP contribution >= 0.6 is 0 Å². The standard InChI is InChI=1S/C12H18O3.C11H16O2/c1-8(2)9-6-10(13-3)12(15-5)11(7-9)14-4;1-7(2)9-5-10(12)8(3)11(6-9)13-4/h6-8H,1-5H3;5-7,12H,1-4H3. The van der Waals surface area contributed by atoms with E-state index in [1.165, 1.54) is 5.56 Å². The predicted molar refractivity (Wildman–Crippen MR) is 114 cm³/mol. The summed E-state index contributed by atoms with van der Waals surface area (Å²) in [7, 11) is 6.48. The van der Waals surface area contributed by atoms with E-state index in [1.54, 1.807) is 34.5 Å². The van der Waals surface area contributed by atoms with Crippen molar-refractivity contribution in [3.8, 4) is 28.7 Å². The van der Waals surface area contributed by atoms with E-state index in [4.69, 9.17) is 18.9 Å². The van der Waals surface area contributed by atoms with Crippen molar-refractivity contribution in [2.75, 3.05) is 28.4 Å². The van der Waals surface area contributed by atoms with E-state index >= 15 is 0 Å². The number of rotatable bonds is 6. The Morgan fingerprint density at radius 1 is 0.643 bits per heavy atom. The van der Waals surface area contributed by atoms with Gasteiger partial charge in [-0.2, -0.15) is 0 Å². The van der Waals surface area contributed by atoms with Crippen LogP contribution in [0.3, 0.4) is 0 Å². The molecule has 0 atom stereocenters. The third-order valence-electron chi connectivity index (χ3n) is 4.60. The Hall–Kier alpha value is -2.56. The number of ether oxygens (including phenoxy) is 4. The second kappa shape index (κ2) is 10.7. The van der Waals surface area contributed by atoms with Gasteiger partial charge in [-0.05, 0) is 54.2 Å². The van der Waals surface area contributed by atoms with E-state index in [2.05, 4.69) is 27.7 Å². The second-order valence-electron chi connectivity index (χ2n) is 7.14. The Balaban J connectivity index is 0.000000283. The van der Waals surface area contributed by atoms with E-state index in [9.17, 15) is 5.11 Å². The van der Waals surface area contributed by atoms with Gasteiger partial charge in [0.2, 0.25) is 5.75 Å². The normalized spacial score (nSPS) is 10.4. The summed E-state index contributed by atoms with van der Waals surface area (Å²) < 4.78 is 20.9. The summed E-state index contributed by atoms with van der Waals surface area (Å²) in [5.74, 6) is 3.95. The van der Waals surface area contributed by atoms with E-state index in [1.807, 2.05) is 25.1 Å². The molecule has 0 spiro atoms. The average molecular weight is 391 g/mol. The van der Waals surface area contributed by atoms with E-state index in [-0.39, 0.29) is 0 Å². The molecule has 2 aromatic rings. The quantitative estimate of drug-likeness (QED) is 0.689. The van der Waals surface area contributed by atoms with Crippen LogP contribution in [0.2, 0.25) is 0 Å². The maximum atomic E-state index is 9.58. The van der Waals surface area contributed by atoms with Crippen LogP contribution in [0.5, 0.6) is 28.7 Å². The number of hydrogen-bond donors (Lipinski definition) is 1. The van der Waals surface area contributed by atoms with Crippen LogP contribution in [0.4, 0.5) is 0 Å². The number of benzene rings is 2. The van der Waals surface area contributed by atoms with Crippen molar-refractivity contribution >= 4 is 0 Å². The summed E-state index contributed by atoms with van der Waals surface area (Å²) in [5.41, 5.74) is 3.07. The van der Waals surface area contributed by atoms with Gasteiger partial charge >= 0.3 is 0 Å². The highest BCUT2D eigenvalue weighted by atomic mass is 16.5. The van der Waals surface area contributed by atoms with E-state index < -0.39 is 0 Å². The first-order valence-electron chi connectivity index (χ1n) is 9.37. The van der Waals surface area contributed by atoms with Crippen molar-refractivity contribution in [3.05, 3.63) is 41.0 Å². The minimum absolute atomic E-state index is 0.308. The van der Waals surface area contributed by atoms with E-state index in [0.717, 1.165) is 16.9 Å². The zero-order valence-corrected chi connectivity index (χ0v) is 18.5. The molecule has 0 saturated carbocycles. The summed E-state index contributed by atoms with van der Waals surface area (Å²) in [6.07, 6.45) is 0. The van der Waals surface area contributed by atoms with Crippen molar-refractivity contribution in [2.45, 2.75) is 46.5 Å². The van der Waals surface area contributed by atoms with Crippen LogP contribution in [0.15, 0.2) is 24.3 Å². The molecule has 5 heteroatoms. The summed E-state index contributed by atoms with van der Waals surface area (Å²) in [6, 6.07) is 7.72. The summed E-state index contributed by atoms with van der Waals surface area (Å²) in [4.78, 5) is 0. The highest BCUT2D eigenvalue weighted by molar-refractivity contribution is 5.54. The van der Waals surface area contributed by atoms with Crippen LogP contribution in [0, 0.1) is 6.92 Å². The van der Waals surface area contributed by atoms with Crippen molar-refractivity contribution in [1.29, 1.82) is 0 Å². The molecule has 0 bridgehead atoms. The Morgan fingerprint density at radius 2 is 1.04 bits per heavy atom. The molecule has 0 heterocycles. The van der Waals surface area contributed by atoms with Gasteiger partial charge in [-0.3, -0.25) is 0 Å². The molecule has 0 aliphatic carbocycles. The van der Waals surface area contributed by atoms with Gasteiger partial charge in [0.1, 0.15) is 11.5 Å². The van der Waals surface area contributed by atoms with Crippen molar-refractivity contribution in [3.63, 3.8) is 0 Å². The third kappa shape index (κ3) is 5.72. The summed E-state index contributed by atoms with van der Waals surface area (Å²) in [5, 5.41) is 9.58. The Kier molecular flexibility index (Phi) is 8.97. The first-order valence-corrected chi connectivity index (χ1v) is 9.37. The molecule has 156 valence electrons. The van der Waals surface area contributed by atoms with Crippen LogP contribution in [0.25, 0.3) is 0 Å². The molecule has 0 unspecified atom stereocenters. The second-order valence-corrected chi connectivity index (χ2v) is 7.14. The molecular weight excluding hydrogens is 356 g/mol. The molecule has 2 rings (SSSR count). The maximum Gasteiger partial charge on any atom is 0.203 e. The molecule has 0 saturated heterocycles. The first kappa shape index (κ1) is 23.5. The molecular formula is C23H34O5. The fourth-order valence-electron chi connectivity index (χ4n) is 2.67. The number of methoxy groups -OCH3 is 4. The van der Waals surface area contributed by atoms with Crippen molar-refractivity contribution in [1.82, 2.24) is 0 Å². The van der Waals surface area contributed by atoms with E-state index in [0.29, 0.717) is 34.8 Å². The molecule has 0 amide bonds. The van der Waals surface area contributed by atoms with Crippen molar-refractivity contribution in [2.24, 2.45) is 0 Å². The molecule has 5 nitrogen and oxygen atoms in total. The smallest absolute Gasteiger partial charge is 0.203 e. The number of aromatic hydroxyl groups is 1. The molecule has 1 N–H and O–H groups in total. The van der Waals surface area contributed by atoms with Gasteiger partial charge in [0.25, 0.3) is 0 Å². The summed E-state index contributed by atoms with van der Waals surface area (Å²) >= 11 is 0. The lowest BCUT2D eigenvalue weighted by Crippen LogP contribution is -1.97. The lowest BCUT2D eigenvalue weighted by molar-refractivity contribution is 0.323. The average Bonchev–Trinajstić information content (AvgIpc) is 2.68. The minimum Gasteiger partial charge on any atom is -0.508 e. The van der Waals surface area contributed by atoms with Crippen LogP contribution in [0.1, 0.15) is 56.2 Å². The first-order chi connectivity index (χ1) is 13.2. The topological polar surface area (TPSA) is 57.2 Å². The SMILES string of the molecule is COc1cc(C(C)C)cc(O)c1C.COc1cc(C(C)C)cc(OC)c1OC. The van der Waals surface area contributed by atoms with Gasteiger partial charge in [0.15, 0.2) is 11.5 Å². The zero-order valence-electron chi connectivity index (χ0n) is 18.5. The summed E-state index contributed by atoms with van der Waals surface area (Å²) in [6.45, 7) is 10.3. The van der Waals surface area contributed by atoms with Crippen molar-refractivity contribution < 1.29 is 24.1 Å². The Morgan fingerprint density at radius 3 is 1.39 bits per heavy atom. The largest absolute Gasteiger partial charge is 0.508 e. The Bertz CT molecular complexity index is 741. The van der Waals surface area contributed by atoms with Gasteiger partial charge in [-0.15, -0.1) is 0 Å². The van der Waals surface area contributed by atoms with Gasteiger partial charge in [-0.25, -0.2) is 0 Å². The van der Waals surface area contributed by atoms with Crippen LogP contribution in [-0.4, -0.2) is 33.5 Å². The number of hydrogen-bond acceptors (Lipinski definition) is 5. The van der Waals surface area contributed by atoms with Gasteiger partial charge in [0.05, 0.1) is 28.4 Å². The third-order valence-corrected chi connectivity index (χ3v) is 4.60. The molecule has 0 radical (unpaired) electrons. The molecule has 0 fully saturated rings. The van der Waals surface area contributed by atoms with Crippen LogP contribution < -0.4 is 18.9 Å². The monoisotopic (exact) mass is 390 g/mol. The maximum absolute atomic E-state index is 9.58. The van der Waals surface area contributed by atoms with Gasteiger partial charge < -0.3 is 24.1 Å². The molecule has 0 aliphatic rings. The highest BCUT2D eigenvalue weighted by Crippen LogP contribution is 2.39. The zero-order chi connectivity index (χ0) is 21.4. The van der Waals surface area contributed by atoms with Gasteiger partial charge in [-0.1, -0.05) is 27.7 Å². The van der Waals surface area contributed by atoms with Gasteiger partial charge in [0, 0.05) is 5.56 Å². The Labute approximate surface area is 169 Å². The molecule has 2 aromatic carbocycles. The van der Waals surface area contributed by atoms with Crippen LogP contribution in [-0.2, 0) is 0 Å². The molecule has 0 aliphatic heterocycles. The predicted octanol–water partition coefficient (Wildman–Crippen LogP) is 5.67. The highest BCUT2D eigenvalue weighted by Gasteiger charge is 2.14. The lowest BCUT2D eigenvalue weighted by atomic mass is 10.0. The molecule has 0 aromatic heterocycles.